The Morgan fingerprint density at radius 3 is 2.36 bits per heavy atom. The van der Waals surface area contributed by atoms with Crippen LogP contribution in [0.25, 0.3) is 0 Å². The van der Waals surface area contributed by atoms with Gasteiger partial charge in [-0.25, -0.2) is 4.79 Å². The van der Waals surface area contributed by atoms with Gasteiger partial charge in [-0.1, -0.05) is 60.7 Å². The van der Waals surface area contributed by atoms with Crippen molar-refractivity contribution in [1.82, 2.24) is 15.5 Å². The third-order valence-corrected chi connectivity index (χ3v) is 4.68. The molecule has 1 aliphatic heterocycles. The molecule has 0 aromatic heterocycles. The summed E-state index contributed by atoms with van der Waals surface area (Å²) in [5.74, 6) is -0.817. The summed E-state index contributed by atoms with van der Waals surface area (Å²) < 4.78 is 0. The monoisotopic (exact) mass is 381 g/mol. The minimum Gasteiger partial charge on any atom is -0.394 e. The Bertz CT molecular complexity index is 826. The van der Waals surface area contributed by atoms with Crippen molar-refractivity contribution in [2.45, 2.75) is 24.9 Å². The van der Waals surface area contributed by atoms with Crippen molar-refractivity contribution in [1.29, 1.82) is 0 Å². The molecular weight excluding hydrogens is 358 g/mol. The predicted molar refractivity (Wildman–Crippen MR) is 103 cm³/mol. The number of aliphatic hydroxyl groups excluding tert-OH is 1. The van der Waals surface area contributed by atoms with Gasteiger partial charge in [-0.05, 0) is 17.5 Å². The van der Waals surface area contributed by atoms with Crippen molar-refractivity contribution in [3.05, 3.63) is 71.8 Å². The first-order valence-corrected chi connectivity index (χ1v) is 9.19. The lowest BCUT2D eigenvalue weighted by Gasteiger charge is -2.18. The van der Waals surface area contributed by atoms with E-state index in [1.807, 2.05) is 48.5 Å². The molecule has 0 radical (unpaired) electrons. The van der Waals surface area contributed by atoms with Crippen molar-refractivity contribution in [3.63, 3.8) is 0 Å². The molecule has 2 aromatic rings. The van der Waals surface area contributed by atoms with Crippen LogP contribution in [0.1, 0.15) is 23.6 Å². The lowest BCUT2D eigenvalue weighted by molar-refractivity contribution is -0.131. The quantitative estimate of drug-likeness (QED) is 0.602. The van der Waals surface area contributed by atoms with Crippen LogP contribution in [0.3, 0.4) is 0 Å². The molecule has 28 heavy (non-hydrogen) atoms. The van der Waals surface area contributed by atoms with E-state index in [2.05, 4.69) is 10.6 Å². The predicted octanol–water partition coefficient (Wildman–Crippen LogP) is 1.39. The van der Waals surface area contributed by atoms with Crippen molar-refractivity contribution >= 4 is 17.8 Å². The number of hydrogen-bond acceptors (Lipinski definition) is 4. The van der Waals surface area contributed by atoms with Crippen LogP contribution in [-0.2, 0) is 16.0 Å². The second-order valence-electron chi connectivity index (χ2n) is 6.65. The zero-order valence-electron chi connectivity index (χ0n) is 15.4. The molecule has 7 nitrogen and oxygen atoms in total. The summed E-state index contributed by atoms with van der Waals surface area (Å²) in [7, 11) is 0. The summed E-state index contributed by atoms with van der Waals surface area (Å²) >= 11 is 0. The van der Waals surface area contributed by atoms with Gasteiger partial charge >= 0.3 is 6.03 Å². The van der Waals surface area contributed by atoms with Gasteiger partial charge in [-0.2, -0.15) is 0 Å². The Morgan fingerprint density at radius 1 is 1.07 bits per heavy atom. The molecule has 1 heterocycles. The molecule has 1 fully saturated rings. The highest BCUT2D eigenvalue weighted by atomic mass is 16.3. The average molecular weight is 381 g/mol. The van der Waals surface area contributed by atoms with E-state index in [9.17, 15) is 19.5 Å². The standard InChI is InChI=1S/C21H23N3O4/c25-14-18(16-9-5-2-6-10-16)22-19(26)13-17-20(27)24(21(28)23-17)12-11-15-7-3-1-4-8-15/h1-10,17-18,25H,11-14H2,(H,22,26)(H,23,28). The van der Waals surface area contributed by atoms with Crippen LogP contribution in [0.4, 0.5) is 4.79 Å². The Kier molecular flexibility index (Phi) is 6.39. The Hall–Kier alpha value is -3.19. The van der Waals surface area contributed by atoms with E-state index < -0.39 is 29.9 Å². The molecule has 2 atom stereocenters. The minimum absolute atomic E-state index is 0.171. The van der Waals surface area contributed by atoms with Gasteiger partial charge in [-0.3, -0.25) is 14.5 Å². The summed E-state index contributed by atoms with van der Waals surface area (Å²) in [6.07, 6.45) is 0.384. The minimum atomic E-state index is -0.890. The zero-order valence-corrected chi connectivity index (χ0v) is 15.4. The SMILES string of the molecule is O=C(CC1NC(=O)N(CCc2ccccc2)C1=O)NC(CO)c1ccccc1. The van der Waals surface area contributed by atoms with E-state index in [0.717, 1.165) is 16.0 Å². The maximum Gasteiger partial charge on any atom is 0.324 e. The number of carbonyl (C=O) groups excluding carboxylic acids is 3. The van der Waals surface area contributed by atoms with Gasteiger partial charge in [0, 0.05) is 6.54 Å². The fourth-order valence-electron chi connectivity index (χ4n) is 3.17. The Labute approximate surface area is 163 Å². The van der Waals surface area contributed by atoms with Crippen molar-refractivity contribution in [2.24, 2.45) is 0 Å². The normalized spacial score (nSPS) is 17.3. The molecule has 0 spiro atoms. The molecule has 1 aliphatic rings. The fourth-order valence-corrected chi connectivity index (χ4v) is 3.17. The average Bonchev–Trinajstić information content (AvgIpc) is 2.98. The lowest BCUT2D eigenvalue weighted by atomic mass is 10.1. The van der Waals surface area contributed by atoms with E-state index in [1.54, 1.807) is 12.1 Å². The summed E-state index contributed by atoms with van der Waals surface area (Å²) in [6, 6.07) is 16.7. The number of benzene rings is 2. The van der Waals surface area contributed by atoms with Crippen molar-refractivity contribution < 1.29 is 19.5 Å². The van der Waals surface area contributed by atoms with E-state index in [0.29, 0.717) is 6.42 Å². The third-order valence-electron chi connectivity index (χ3n) is 4.68. The number of aliphatic hydroxyl groups is 1. The molecule has 3 N–H and O–H groups in total. The number of carbonyl (C=O) groups is 3. The van der Waals surface area contributed by atoms with Crippen molar-refractivity contribution in [3.8, 4) is 0 Å². The summed E-state index contributed by atoms with van der Waals surface area (Å²) in [6.45, 7) is 0.00000555. The summed E-state index contributed by atoms with van der Waals surface area (Å²) in [4.78, 5) is 38.1. The number of imide groups is 1. The first-order chi connectivity index (χ1) is 13.6. The first kappa shape index (κ1) is 19.6. The highest BCUT2D eigenvalue weighted by Crippen LogP contribution is 2.14. The molecule has 0 saturated carbocycles. The molecule has 7 heteroatoms. The van der Waals surface area contributed by atoms with Gasteiger partial charge in [0.15, 0.2) is 0 Å². The number of amides is 4. The van der Waals surface area contributed by atoms with E-state index in [1.165, 1.54) is 0 Å². The van der Waals surface area contributed by atoms with Crippen molar-refractivity contribution in [2.75, 3.05) is 13.2 Å². The molecule has 2 aromatic carbocycles. The smallest absolute Gasteiger partial charge is 0.324 e. The van der Waals surface area contributed by atoms with Gasteiger partial charge in [0.2, 0.25) is 5.91 Å². The molecule has 4 amide bonds. The van der Waals surface area contributed by atoms with Gasteiger partial charge in [0.1, 0.15) is 6.04 Å². The van der Waals surface area contributed by atoms with Crippen LogP contribution in [0.2, 0.25) is 0 Å². The number of nitrogens with one attached hydrogen (secondary N) is 2. The summed E-state index contributed by atoms with van der Waals surface area (Å²) in [5, 5.41) is 14.8. The zero-order chi connectivity index (χ0) is 19.9. The molecule has 0 aliphatic carbocycles. The van der Waals surface area contributed by atoms with Gasteiger partial charge in [0.05, 0.1) is 19.1 Å². The Morgan fingerprint density at radius 2 is 1.71 bits per heavy atom. The largest absolute Gasteiger partial charge is 0.394 e. The highest BCUT2D eigenvalue weighted by Gasteiger charge is 2.38. The maximum absolute atomic E-state index is 12.5. The number of urea groups is 1. The van der Waals surface area contributed by atoms with Crippen LogP contribution in [0.15, 0.2) is 60.7 Å². The lowest BCUT2D eigenvalue weighted by Crippen LogP contribution is -2.38. The second-order valence-corrected chi connectivity index (χ2v) is 6.65. The molecule has 0 bridgehead atoms. The summed E-state index contributed by atoms with van der Waals surface area (Å²) in [5.41, 5.74) is 1.79. The number of nitrogens with zero attached hydrogens (tertiary/aromatic N) is 1. The first-order valence-electron chi connectivity index (χ1n) is 9.19. The maximum atomic E-state index is 12.5. The van der Waals surface area contributed by atoms with Crippen LogP contribution in [-0.4, -0.2) is 47.0 Å². The van der Waals surface area contributed by atoms with E-state index in [4.69, 9.17) is 0 Å². The Balaban J connectivity index is 1.55. The van der Waals surface area contributed by atoms with Gasteiger partial charge in [-0.15, -0.1) is 0 Å². The molecule has 1 saturated heterocycles. The van der Waals surface area contributed by atoms with Crippen LogP contribution < -0.4 is 10.6 Å². The third kappa shape index (κ3) is 4.75. The molecular formula is C21H23N3O4. The van der Waals surface area contributed by atoms with E-state index in [-0.39, 0.29) is 19.6 Å². The van der Waals surface area contributed by atoms with Crippen LogP contribution >= 0.6 is 0 Å². The van der Waals surface area contributed by atoms with Gasteiger partial charge < -0.3 is 15.7 Å². The topological polar surface area (TPSA) is 98.7 Å². The van der Waals surface area contributed by atoms with Gasteiger partial charge in [0.25, 0.3) is 5.91 Å². The molecule has 2 unspecified atom stereocenters. The van der Waals surface area contributed by atoms with Crippen LogP contribution in [0, 0.1) is 0 Å². The second kappa shape index (κ2) is 9.14. The molecule has 146 valence electrons. The number of hydrogen-bond donors (Lipinski definition) is 3. The molecule has 3 rings (SSSR count). The van der Waals surface area contributed by atoms with Crippen LogP contribution in [0.5, 0.6) is 0 Å². The number of rotatable bonds is 8. The highest BCUT2D eigenvalue weighted by molar-refractivity contribution is 6.05. The fraction of sp³-hybridized carbons (Fsp3) is 0.286. The van der Waals surface area contributed by atoms with E-state index >= 15 is 0 Å².